The second-order valence-electron chi connectivity index (χ2n) is 13.6. The quantitative estimate of drug-likeness (QED) is 0.0340. The molecule has 7 aromatic rings. The maximum atomic E-state index is 12.7. The van der Waals surface area contributed by atoms with Gasteiger partial charge in [0.2, 0.25) is 28.4 Å². The molecule has 21 nitrogen and oxygen atoms in total. The monoisotopic (exact) mass is 930 g/mol. The summed E-state index contributed by atoms with van der Waals surface area (Å²) in [4.78, 5) is 23.3. The molecule has 322 valence electrons. The number of nitrogens with one attached hydrogen (secondary N) is 3. The van der Waals surface area contributed by atoms with E-state index in [0.29, 0.717) is 17.1 Å². The van der Waals surface area contributed by atoms with Crippen LogP contribution in [0.4, 0.5) is 63.3 Å². The van der Waals surface area contributed by atoms with Gasteiger partial charge in [0, 0.05) is 17.1 Å². The number of hydrogen-bond donors (Lipinski definition) is 7. The standard InChI is InChI=1S/C38H32Cl2N14O7S2/c1-17-5-8-22(9-6-17)44-37-48-35(40)49-38(50-37)46-23-10-7-18(2)25(15-23)51-54-32-28(63(59,60)61)14-21-13-19(3)31(33(55)29(21)30(32)41)53-52-26-16-24(11-12-27(26)62(56,57)58)45-36-43-20(4)42-34(39)47-36/h5-16,55H,41H2,1-4H3,(H,56,57,58)(H,59,60,61)(H,42,43,45,47)(H2,44,46,48,49,50). The number of halogens is 2. The largest absolute Gasteiger partial charge is 0.505 e. The molecule has 8 N–H and O–H groups in total. The van der Waals surface area contributed by atoms with E-state index in [9.17, 15) is 31.0 Å². The molecule has 0 aliphatic rings. The van der Waals surface area contributed by atoms with Crippen LogP contribution in [0.3, 0.4) is 0 Å². The van der Waals surface area contributed by atoms with Crippen LogP contribution in [0.1, 0.15) is 22.5 Å². The van der Waals surface area contributed by atoms with E-state index < -0.39 is 47.2 Å². The number of anilines is 7. The highest BCUT2D eigenvalue weighted by atomic mass is 35.5. The minimum atomic E-state index is -4.99. The zero-order chi connectivity index (χ0) is 45.4. The van der Waals surface area contributed by atoms with Crippen LogP contribution in [-0.2, 0) is 20.2 Å². The van der Waals surface area contributed by atoms with Gasteiger partial charge < -0.3 is 26.8 Å². The summed E-state index contributed by atoms with van der Waals surface area (Å²) in [7, 11) is -9.84. The van der Waals surface area contributed by atoms with Crippen molar-refractivity contribution >= 4 is 118 Å². The lowest BCUT2D eigenvalue weighted by molar-refractivity contribution is 0.480. The number of nitrogen functional groups attached to an aromatic ring is 1. The van der Waals surface area contributed by atoms with E-state index in [1.165, 1.54) is 25.1 Å². The third-order valence-corrected chi connectivity index (χ3v) is 11.0. The summed E-state index contributed by atoms with van der Waals surface area (Å²) in [5.41, 5.74) is 8.41. The lowest BCUT2D eigenvalue weighted by atomic mass is 10.0. The van der Waals surface area contributed by atoms with Gasteiger partial charge in [-0.2, -0.15) is 46.9 Å². The van der Waals surface area contributed by atoms with Crippen molar-refractivity contribution in [3.63, 3.8) is 0 Å². The highest BCUT2D eigenvalue weighted by Crippen LogP contribution is 2.47. The SMILES string of the molecule is Cc1ccc(Nc2nc(Cl)nc(Nc3ccc(C)c(N=Nc4c(S(=O)(=O)O)cc5cc(C)c(N=Nc6cc(Nc7nc(C)nc(Cl)n7)ccc6S(=O)(=O)O)c(O)c5c4N)c3)n2)cc1. The van der Waals surface area contributed by atoms with Crippen molar-refractivity contribution in [2.45, 2.75) is 37.5 Å². The molecule has 0 spiro atoms. The van der Waals surface area contributed by atoms with Crippen LogP contribution in [0.25, 0.3) is 10.8 Å². The Morgan fingerprint density at radius 3 is 1.71 bits per heavy atom. The summed E-state index contributed by atoms with van der Waals surface area (Å²) in [6.45, 7) is 6.74. The lowest BCUT2D eigenvalue weighted by Crippen LogP contribution is -2.04. The van der Waals surface area contributed by atoms with Gasteiger partial charge in [-0.05, 0) is 122 Å². The Labute approximate surface area is 368 Å². The number of phenols is 1. The molecule has 5 aromatic carbocycles. The van der Waals surface area contributed by atoms with Crippen molar-refractivity contribution in [2.24, 2.45) is 20.5 Å². The summed E-state index contributed by atoms with van der Waals surface area (Å²) in [5.74, 6) is -0.0397. The van der Waals surface area contributed by atoms with E-state index in [2.05, 4.69) is 66.3 Å². The van der Waals surface area contributed by atoms with Gasteiger partial charge in [-0.15, -0.1) is 15.3 Å². The van der Waals surface area contributed by atoms with Crippen LogP contribution in [0.5, 0.6) is 5.75 Å². The fourth-order valence-electron chi connectivity index (χ4n) is 5.98. The van der Waals surface area contributed by atoms with E-state index in [4.69, 9.17) is 28.9 Å². The molecule has 2 aromatic heterocycles. The van der Waals surface area contributed by atoms with E-state index in [1.54, 1.807) is 32.0 Å². The number of nitrogens with two attached hydrogens (primary N) is 1. The molecule has 25 heteroatoms. The first-order valence-corrected chi connectivity index (χ1v) is 21.6. The van der Waals surface area contributed by atoms with Crippen molar-refractivity contribution in [1.82, 2.24) is 29.9 Å². The van der Waals surface area contributed by atoms with Crippen molar-refractivity contribution < 1.29 is 31.0 Å². The summed E-state index contributed by atoms with van der Waals surface area (Å²) in [5, 5.41) is 36.8. The molecule has 7 rings (SSSR count). The topological polar surface area (TPSA) is 318 Å². The van der Waals surface area contributed by atoms with E-state index >= 15 is 0 Å². The van der Waals surface area contributed by atoms with Crippen LogP contribution in [0.15, 0.2) is 103 Å². The van der Waals surface area contributed by atoms with Gasteiger partial charge >= 0.3 is 0 Å². The predicted molar refractivity (Wildman–Crippen MR) is 236 cm³/mol. The van der Waals surface area contributed by atoms with Gasteiger partial charge in [0.25, 0.3) is 20.2 Å². The molecule has 63 heavy (non-hydrogen) atoms. The summed E-state index contributed by atoms with van der Waals surface area (Å²) >= 11 is 12.1. The number of azo groups is 2. The fourth-order valence-corrected chi connectivity index (χ4v) is 7.62. The normalized spacial score (nSPS) is 12.1. The molecular formula is C38H32Cl2N14O7S2. The third kappa shape index (κ3) is 10.2. The minimum absolute atomic E-state index is 0.0243. The zero-order valence-electron chi connectivity index (χ0n) is 33.0. The maximum absolute atomic E-state index is 12.7. The van der Waals surface area contributed by atoms with E-state index in [1.807, 2.05) is 31.2 Å². The Hall–Kier alpha value is -7.02. The minimum Gasteiger partial charge on any atom is -0.505 e. The molecule has 0 aliphatic carbocycles. The van der Waals surface area contributed by atoms with Crippen LogP contribution in [0.2, 0.25) is 10.6 Å². The number of benzene rings is 5. The van der Waals surface area contributed by atoms with Crippen molar-refractivity contribution in [3.05, 3.63) is 106 Å². The van der Waals surface area contributed by atoms with Gasteiger partial charge in [0.05, 0.1) is 16.8 Å². The maximum Gasteiger partial charge on any atom is 0.296 e. The number of aryl methyl sites for hydroxylation is 4. The number of aromatic nitrogens is 6. The molecule has 0 unspecified atom stereocenters. The molecule has 0 aliphatic heterocycles. The van der Waals surface area contributed by atoms with Crippen molar-refractivity contribution in [3.8, 4) is 5.75 Å². The number of fused-ring (bicyclic) bond motifs is 1. The van der Waals surface area contributed by atoms with Gasteiger partial charge in [-0.25, -0.2) is 4.98 Å². The van der Waals surface area contributed by atoms with Gasteiger partial charge in [0.1, 0.15) is 32.7 Å². The van der Waals surface area contributed by atoms with Crippen LogP contribution < -0.4 is 21.7 Å². The Morgan fingerprint density at radius 1 is 0.571 bits per heavy atom. The molecule has 0 saturated heterocycles. The lowest BCUT2D eigenvalue weighted by Gasteiger charge is -2.14. The summed E-state index contributed by atoms with van der Waals surface area (Å²) in [6, 6.07) is 18.5. The third-order valence-electron chi connectivity index (χ3n) is 8.93. The molecule has 0 radical (unpaired) electrons. The van der Waals surface area contributed by atoms with Gasteiger partial charge in [0.15, 0.2) is 5.75 Å². The van der Waals surface area contributed by atoms with Crippen LogP contribution in [0, 0.1) is 27.7 Å². The molecule has 0 fully saturated rings. The number of hydrogen-bond acceptors (Lipinski definition) is 19. The van der Waals surface area contributed by atoms with Gasteiger partial charge in [-0.1, -0.05) is 23.8 Å². The molecular weight excluding hydrogens is 900 g/mol. The first kappa shape index (κ1) is 44.0. The smallest absolute Gasteiger partial charge is 0.296 e. The Balaban J connectivity index is 1.24. The molecule has 0 amide bonds. The highest BCUT2D eigenvalue weighted by molar-refractivity contribution is 7.86. The molecule has 0 bridgehead atoms. The summed E-state index contributed by atoms with van der Waals surface area (Å²) < 4.78 is 70.3. The second kappa shape index (κ2) is 17.4. The highest BCUT2D eigenvalue weighted by Gasteiger charge is 2.25. The Morgan fingerprint density at radius 2 is 1.10 bits per heavy atom. The van der Waals surface area contributed by atoms with Crippen molar-refractivity contribution in [2.75, 3.05) is 21.7 Å². The fraction of sp³-hybridized carbons (Fsp3) is 0.105. The molecule has 0 saturated carbocycles. The average molecular weight is 932 g/mol. The molecule has 2 heterocycles. The zero-order valence-corrected chi connectivity index (χ0v) is 36.2. The van der Waals surface area contributed by atoms with E-state index in [-0.39, 0.29) is 67.5 Å². The number of rotatable bonds is 12. The molecule has 0 atom stereocenters. The average Bonchev–Trinajstić information content (AvgIpc) is 3.18. The van der Waals surface area contributed by atoms with Crippen LogP contribution in [-0.4, -0.2) is 61.0 Å². The number of aromatic hydroxyl groups is 1. The summed E-state index contributed by atoms with van der Waals surface area (Å²) in [6.07, 6.45) is 0. The number of phenolic OH excluding ortho intramolecular Hbond substituents is 1. The van der Waals surface area contributed by atoms with Crippen molar-refractivity contribution in [1.29, 1.82) is 0 Å². The van der Waals surface area contributed by atoms with E-state index in [0.717, 1.165) is 23.4 Å². The van der Waals surface area contributed by atoms with Gasteiger partial charge in [-0.3, -0.25) is 9.11 Å². The van der Waals surface area contributed by atoms with Crippen LogP contribution >= 0.6 is 23.2 Å². The first-order valence-electron chi connectivity index (χ1n) is 18.0. The second-order valence-corrected chi connectivity index (χ2v) is 17.1. The Kier molecular flexibility index (Phi) is 12.2. The Bertz CT molecular complexity index is 3250. The predicted octanol–water partition coefficient (Wildman–Crippen LogP) is 9.59. The number of nitrogens with zero attached hydrogens (tertiary/aromatic N) is 10. The first-order chi connectivity index (χ1) is 29.7.